The van der Waals surface area contributed by atoms with Gasteiger partial charge in [0.15, 0.2) is 0 Å². The van der Waals surface area contributed by atoms with Gasteiger partial charge in [-0.1, -0.05) is 24.3 Å². The number of nitrogens with two attached hydrogens (primary N) is 1. The average molecular weight is 245 g/mol. The molecule has 1 heterocycles. The fourth-order valence-corrected chi connectivity index (χ4v) is 2.51. The van der Waals surface area contributed by atoms with E-state index >= 15 is 0 Å². The van der Waals surface area contributed by atoms with E-state index in [4.69, 9.17) is 5.84 Å². The largest absolute Gasteiger partial charge is 0.308 e. The Morgan fingerprint density at radius 2 is 2.12 bits per heavy atom. The third-order valence-corrected chi connectivity index (χ3v) is 3.58. The smallest absolute Gasteiger partial charge is 0.140 e. The van der Waals surface area contributed by atoms with Crippen molar-refractivity contribution in [2.45, 2.75) is 17.6 Å². The van der Waals surface area contributed by atoms with E-state index in [1.807, 2.05) is 12.1 Å². The first-order valence-electron chi connectivity index (χ1n) is 5.39. The number of benzene rings is 1. The molecule has 2 rings (SSSR count). The molecule has 0 spiro atoms. The van der Waals surface area contributed by atoms with Crippen molar-refractivity contribution in [2.75, 3.05) is 5.43 Å². The highest BCUT2D eigenvalue weighted by Gasteiger charge is 2.00. The van der Waals surface area contributed by atoms with Crippen molar-refractivity contribution in [1.82, 2.24) is 4.98 Å². The molecule has 0 aliphatic heterocycles. The van der Waals surface area contributed by atoms with Gasteiger partial charge in [-0.2, -0.15) is 0 Å². The molecule has 1 aromatic heterocycles. The molecule has 0 saturated carbocycles. The summed E-state index contributed by atoms with van der Waals surface area (Å²) in [5.41, 5.74) is 5.24. The van der Waals surface area contributed by atoms with Crippen LogP contribution in [0.5, 0.6) is 0 Å². The number of nitrogen functional groups attached to an aromatic ring is 1. The number of aromatic nitrogens is 1. The number of thioether (sulfide) groups is 1. The van der Waals surface area contributed by atoms with Crippen LogP contribution in [0.3, 0.4) is 0 Å². The van der Waals surface area contributed by atoms with Crippen molar-refractivity contribution in [3.05, 3.63) is 53.7 Å². The van der Waals surface area contributed by atoms with Gasteiger partial charge in [0, 0.05) is 16.8 Å². The van der Waals surface area contributed by atoms with E-state index in [0.29, 0.717) is 5.82 Å². The van der Waals surface area contributed by atoms with E-state index < -0.39 is 0 Å². The number of hydrogen-bond acceptors (Lipinski definition) is 4. The highest BCUT2D eigenvalue weighted by atomic mass is 32.2. The zero-order valence-corrected chi connectivity index (χ0v) is 10.5. The predicted octanol–water partition coefficient (Wildman–Crippen LogP) is 2.97. The SMILES string of the molecule is Cc1ccccc1CSc1ccnc(NN)c1. The van der Waals surface area contributed by atoms with Crippen molar-refractivity contribution < 1.29 is 0 Å². The number of hydrogen-bond donors (Lipinski definition) is 2. The van der Waals surface area contributed by atoms with Crippen LogP contribution in [0.25, 0.3) is 0 Å². The summed E-state index contributed by atoms with van der Waals surface area (Å²) in [5, 5.41) is 0. The lowest BCUT2D eigenvalue weighted by Crippen LogP contribution is -2.07. The van der Waals surface area contributed by atoms with Gasteiger partial charge in [0.1, 0.15) is 5.82 Å². The quantitative estimate of drug-likeness (QED) is 0.494. The molecule has 1 aromatic carbocycles. The standard InChI is InChI=1S/C13H15N3S/c1-10-4-2-3-5-11(10)9-17-12-6-7-15-13(8-12)16-14/h2-8H,9,14H2,1H3,(H,15,16). The van der Waals surface area contributed by atoms with Crippen molar-refractivity contribution in [2.24, 2.45) is 5.84 Å². The van der Waals surface area contributed by atoms with Crippen LogP contribution in [0, 0.1) is 6.92 Å². The Morgan fingerprint density at radius 1 is 1.29 bits per heavy atom. The van der Waals surface area contributed by atoms with Crippen LogP contribution in [0.4, 0.5) is 5.82 Å². The van der Waals surface area contributed by atoms with Crippen LogP contribution >= 0.6 is 11.8 Å². The molecule has 88 valence electrons. The first kappa shape index (κ1) is 12.0. The van der Waals surface area contributed by atoms with Gasteiger partial charge in [-0.3, -0.25) is 0 Å². The second-order valence-corrected chi connectivity index (χ2v) is 4.79. The first-order valence-corrected chi connectivity index (χ1v) is 6.38. The summed E-state index contributed by atoms with van der Waals surface area (Å²) in [5.74, 6) is 6.98. The summed E-state index contributed by atoms with van der Waals surface area (Å²) in [6.07, 6.45) is 1.76. The minimum Gasteiger partial charge on any atom is -0.308 e. The molecule has 0 saturated heterocycles. The molecule has 4 heteroatoms. The minimum atomic E-state index is 0.694. The molecule has 0 bridgehead atoms. The van der Waals surface area contributed by atoms with Gasteiger partial charge in [0.2, 0.25) is 0 Å². The molecule has 0 atom stereocenters. The zero-order valence-electron chi connectivity index (χ0n) is 9.68. The van der Waals surface area contributed by atoms with Crippen LogP contribution < -0.4 is 11.3 Å². The summed E-state index contributed by atoms with van der Waals surface area (Å²) in [7, 11) is 0. The number of anilines is 1. The monoisotopic (exact) mass is 245 g/mol. The second kappa shape index (κ2) is 5.70. The van der Waals surface area contributed by atoms with E-state index in [0.717, 1.165) is 10.6 Å². The van der Waals surface area contributed by atoms with E-state index in [2.05, 4.69) is 41.6 Å². The Hall–Kier alpha value is -1.52. The molecule has 3 nitrogen and oxygen atoms in total. The van der Waals surface area contributed by atoms with E-state index in [1.165, 1.54) is 11.1 Å². The van der Waals surface area contributed by atoms with Crippen LogP contribution in [0.2, 0.25) is 0 Å². The maximum Gasteiger partial charge on any atom is 0.140 e. The van der Waals surface area contributed by atoms with Crippen LogP contribution in [-0.2, 0) is 5.75 Å². The molecule has 0 radical (unpaired) electrons. The molecular formula is C13H15N3S. The lowest BCUT2D eigenvalue weighted by atomic mass is 10.1. The number of nitrogens with zero attached hydrogens (tertiary/aromatic N) is 1. The first-order chi connectivity index (χ1) is 8.29. The van der Waals surface area contributed by atoms with Gasteiger partial charge < -0.3 is 5.43 Å². The lowest BCUT2D eigenvalue weighted by molar-refractivity contribution is 1.19. The summed E-state index contributed by atoms with van der Waals surface area (Å²) < 4.78 is 0. The molecule has 0 fully saturated rings. The Balaban J connectivity index is 2.05. The van der Waals surface area contributed by atoms with Crippen molar-refractivity contribution in [1.29, 1.82) is 0 Å². The number of hydrazine groups is 1. The average Bonchev–Trinajstić information content (AvgIpc) is 2.38. The predicted molar refractivity (Wildman–Crippen MR) is 72.8 cm³/mol. The summed E-state index contributed by atoms with van der Waals surface area (Å²) in [6.45, 7) is 2.13. The Labute approximate surface area is 105 Å². The Bertz CT molecular complexity index is 500. The number of pyridine rings is 1. The normalized spacial score (nSPS) is 10.2. The molecule has 0 aliphatic carbocycles. The molecule has 17 heavy (non-hydrogen) atoms. The number of aryl methyl sites for hydroxylation is 1. The lowest BCUT2D eigenvalue weighted by Gasteiger charge is -2.06. The molecule has 0 unspecified atom stereocenters. The third kappa shape index (κ3) is 3.22. The van der Waals surface area contributed by atoms with E-state index in [-0.39, 0.29) is 0 Å². The number of nitrogens with one attached hydrogen (secondary N) is 1. The van der Waals surface area contributed by atoms with Crippen molar-refractivity contribution in [3.63, 3.8) is 0 Å². The van der Waals surface area contributed by atoms with Gasteiger partial charge in [-0.05, 0) is 30.2 Å². The fourth-order valence-electron chi connectivity index (χ4n) is 1.51. The van der Waals surface area contributed by atoms with Gasteiger partial charge in [-0.25, -0.2) is 10.8 Å². The summed E-state index contributed by atoms with van der Waals surface area (Å²) >= 11 is 1.78. The zero-order chi connectivity index (χ0) is 12.1. The van der Waals surface area contributed by atoms with Gasteiger partial charge in [0.25, 0.3) is 0 Å². The van der Waals surface area contributed by atoms with Gasteiger partial charge in [0.05, 0.1) is 0 Å². The highest BCUT2D eigenvalue weighted by molar-refractivity contribution is 7.98. The van der Waals surface area contributed by atoms with E-state index in [1.54, 1.807) is 18.0 Å². The maximum atomic E-state index is 5.33. The summed E-state index contributed by atoms with van der Waals surface area (Å²) in [4.78, 5) is 5.24. The Morgan fingerprint density at radius 3 is 2.88 bits per heavy atom. The highest BCUT2D eigenvalue weighted by Crippen LogP contribution is 2.25. The molecule has 2 aromatic rings. The van der Waals surface area contributed by atoms with Crippen LogP contribution in [0.1, 0.15) is 11.1 Å². The van der Waals surface area contributed by atoms with Crippen molar-refractivity contribution in [3.8, 4) is 0 Å². The third-order valence-electron chi connectivity index (χ3n) is 2.53. The second-order valence-electron chi connectivity index (χ2n) is 3.74. The van der Waals surface area contributed by atoms with Gasteiger partial charge >= 0.3 is 0 Å². The molecular weight excluding hydrogens is 230 g/mol. The number of rotatable bonds is 4. The van der Waals surface area contributed by atoms with Crippen molar-refractivity contribution >= 4 is 17.6 Å². The summed E-state index contributed by atoms with van der Waals surface area (Å²) in [6, 6.07) is 12.4. The maximum absolute atomic E-state index is 5.33. The topological polar surface area (TPSA) is 50.9 Å². The Kier molecular flexibility index (Phi) is 4.01. The molecule has 0 amide bonds. The molecule has 0 aliphatic rings. The van der Waals surface area contributed by atoms with Crippen LogP contribution in [0.15, 0.2) is 47.5 Å². The van der Waals surface area contributed by atoms with Gasteiger partial charge in [-0.15, -0.1) is 11.8 Å². The van der Waals surface area contributed by atoms with E-state index in [9.17, 15) is 0 Å². The molecule has 3 N–H and O–H groups in total. The minimum absolute atomic E-state index is 0.694. The fraction of sp³-hybridized carbons (Fsp3) is 0.154. The van der Waals surface area contributed by atoms with Crippen LogP contribution in [-0.4, -0.2) is 4.98 Å².